The average Bonchev–Trinajstić information content (AvgIpc) is 3.33. The number of halogens is 1. The highest BCUT2D eigenvalue weighted by atomic mass is 35.5. The maximum atomic E-state index is 12.9. The fourth-order valence-electron chi connectivity index (χ4n) is 4.53. The molecule has 4 aromatic rings. The Labute approximate surface area is 224 Å². The van der Waals surface area contributed by atoms with Crippen molar-refractivity contribution < 1.29 is 14.4 Å². The van der Waals surface area contributed by atoms with Crippen LogP contribution >= 0.6 is 11.6 Å². The van der Waals surface area contributed by atoms with Crippen molar-refractivity contribution >= 4 is 41.1 Å². The molecule has 5 rings (SSSR count). The standard InChI is InChI=1S/C29H24ClN5O3/c1-32-25(36)15-8-17-6-12-20(13-7-17)35-27-22(26(34-35)28(31)37)14-10-18-9-11-19(16-23(18)27)33-29(38)21-4-2-3-5-24(21)30/h2-9,11-13,15-16H,10,14H2,1H3,(H2,31,37)(H,32,36)(H,33,38). The third-order valence-corrected chi connectivity index (χ3v) is 6.74. The molecule has 0 spiro atoms. The summed E-state index contributed by atoms with van der Waals surface area (Å²) in [5, 5.41) is 10.4. The van der Waals surface area contributed by atoms with Crippen LogP contribution in [0.5, 0.6) is 0 Å². The monoisotopic (exact) mass is 525 g/mol. The zero-order valence-electron chi connectivity index (χ0n) is 20.5. The van der Waals surface area contributed by atoms with Gasteiger partial charge in [-0.3, -0.25) is 14.4 Å². The summed E-state index contributed by atoms with van der Waals surface area (Å²) in [7, 11) is 1.57. The maximum Gasteiger partial charge on any atom is 0.269 e. The first-order chi connectivity index (χ1) is 18.4. The number of nitrogens with two attached hydrogens (primary N) is 1. The van der Waals surface area contributed by atoms with E-state index >= 15 is 0 Å². The first-order valence-electron chi connectivity index (χ1n) is 12.0. The van der Waals surface area contributed by atoms with Crippen molar-refractivity contribution in [3.63, 3.8) is 0 Å². The second kappa shape index (κ2) is 10.4. The van der Waals surface area contributed by atoms with Crippen LogP contribution in [0.4, 0.5) is 5.69 Å². The number of rotatable bonds is 6. The Morgan fingerprint density at radius 1 is 1.03 bits per heavy atom. The summed E-state index contributed by atoms with van der Waals surface area (Å²) >= 11 is 6.20. The second-order valence-electron chi connectivity index (χ2n) is 8.80. The molecule has 3 aromatic carbocycles. The predicted octanol–water partition coefficient (Wildman–Crippen LogP) is 4.40. The van der Waals surface area contributed by atoms with Gasteiger partial charge < -0.3 is 16.4 Å². The van der Waals surface area contributed by atoms with Gasteiger partial charge in [-0.2, -0.15) is 5.10 Å². The lowest BCUT2D eigenvalue weighted by Crippen LogP contribution is -2.15. The van der Waals surface area contributed by atoms with Crippen LogP contribution in [0.3, 0.4) is 0 Å². The number of likely N-dealkylation sites (N-methyl/N-ethyl adjacent to an activating group) is 1. The summed E-state index contributed by atoms with van der Waals surface area (Å²) in [5.41, 5.74) is 11.9. The van der Waals surface area contributed by atoms with E-state index in [2.05, 4.69) is 15.7 Å². The van der Waals surface area contributed by atoms with Gasteiger partial charge in [0, 0.05) is 29.9 Å². The van der Waals surface area contributed by atoms with Gasteiger partial charge >= 0.3 is 0 Å². The summed E-state index contributed by atoms with van der Waals surface area (Å²) in [6.07, 6.45) is 4.47. The molecule has 0 radical (unpaired) electrons. The number of aryl methyl sites for hydroxylation is 1. The number of carbonyl (C=O) groups is 3. The smallest absolute Gasteiger partial charge is 0.269 e. The molecular weight excluding hydrogens is 502 g/mol. The van der Waals surface area contributed by atoms with Crippen LogP contribution in [-0.4, -0.2) is 34.5 Å². The fourth-order valence-corrected chi connectivity index (χ4v) is 4.75. The minimum absolute atomic E-state index is 0.199. The fraction of sp³-hybridized carbons (Fsp3) is 0.103. The van der Waals surface area contributed by atoms with Crippen LogP contribution in [0, 0.1) is 0 Å². The molecule has 1 heterocycles. The van der Waals surface area contributed by atoms with Gasteiger partial charge in [0.15, 0.2) is 5.69 Å². The Morgan fingerprint density at radius 2 is 1.79 bits per heavy atom. The Kier molecular flexibility index (Phi) is 6.81. The Balaban J connectivity index is 1.55. The third kappa shape index (κ3) is 4.81. The van der Waals surface area contributed by atoms with Crippen molar-refractivity contribution in [2.24, 2.45) is 5.73 Å². The molecule has 0 unspecified atom stereocenters. The lowest BCUT2D eigenvalue weighted by molar-refractivity contribution is -0.115. The second-order valence-corrected chi connectivity index (χ2v) is 9.20. The maximum absolute atomic E-state index is 12.9. The summed E-state index contributed by atoms with van der Waals surface area (Å²) in [6, 6.07) is 20.0. The number of amides is 3. The van der Waals surface area contributed by atoms with Crippen molar-refractivity contribution in [3.05, 3.63) is 106 Å². The first-order valence-corrected chi connectivity index (χ1v) is 12.3. The molecule has 38 heavy (non-hydrogen) atoms. The lowest BCUT2D eigenvalue weighted by atomic mass is 9.88. The van der Waals surface area contributed by atoms with Crippen LogP contribution < -0.4 is 16.4 Å². The Morgan fingerprint density at radius 3 is 2.50 bits per heavy atom. The van der Waals surface area contributed by atoms with Gasteiger partial charge in [-0.25, -0.2) is 4.68 Å². The van der Waals surface area contributed by atoms with E-state index in [0.29, 0.717) is 29.1 Å². The van der Waals surface area contributed by atoms with E-state index in [9.17, 15) is 14.4 Å². The van der Waals surface area contributed by atoms with E-state index in [4.69, 9.17) is 17.3 Å². The molecule has 1 aliphatic rings. The van der Waals surface area contributed by atoms with Crippen molar-refractivity contribution in [2.75, 3.05) is 12.4 Å². The molecule has 8 nitrogen and oxygen atoms in total. The number of hydrogen-bond acceptors (Lipinski definition) is 4. The molecule has 1 aliphatic carbocycles. The van der Waals surface area contributed by atoms with Crippen molar-refractivity contribution in [3.8, 4) is 16.9 Å². The van der Waals surface area contributed by atoms with E-state index in [1.165, 1.54) is 6.08 Å². The van der Waals surface area contributed by atoms with E-state index in [0.717, 1.165) is 33.6 Å². The number of nitrogens with zero attached hydrogens (tertiary/aromatic N) is 2. The van der Waals surface area contributed by atoms with Crippen LogP contribution in [0.1, 0.15) is 37.5 Å². The van der Waals surface area contributed by atoms with E-state index in [1.54, 1.807) is 42.1 Å². The van der Waals surface area contributed by atoms with Crippen molar-refractivity contribution in [1.29, 1.82) is 0 Å². The SMILES string of the molecule is CNC(=O)C=Cc1ccc(-n2nc(C(N)=O)c3c2-c2cc(NC(=O)c4ccccc4Cl)ccc2CC3)cc1. The highest BCUT2D eigenvalue weighted by molar-refractivity contribution is 6.34. The van der Waals surface area contributed by atoms with Crippen LogP contribution in [0.15, 0.2) is 72.8 Å². The molecule has 0 aliphatic heterocycles. The van der Waals surface area contributed by atoms with E-state index < -0.39 is 5.91 Å². The van der Waals surface area contributed by atoms with Gasteiger partial charge in [0.2, 0.25) is 5.91 Å². The summed E-state index contributed by atoms with van der Waals surface area (Å²) in [6.45, 7) is 0. The largest absolute Gasteiger partial charge is 0.364 e. The van der Waals surface area contributed by atoms with Gasteiger partial charge in [0.25, 0.3) is 11.8 Å². The molecule has 0 saturated heterocycles. The van der Waals surface area contributed by atoms with Crippen molar-refractivity contribution in [2.45, 2.75) is 12.8 Å². The predicted molar refractivity (Wildman–Crippen MR) is 147 cm³/mol. The Hall–Kier alpha value is -4.69. The van der Waals surface area contributed by atoms with Crippen LogP contribution in [-0.2, 0) is 17.6 Å². The normalized spacial score (nSPS) is 12.1. The zero-order valence-corrected chi connectivity index (χ0v) is 21.3. The van der Waals surface area contributed by atoms with Gasteiger partial charge in [0.1, 0.15) is 0 Å². The Bertz CT molecular complexity index is 1610. The summed E-state index contributed by atoms with van der Waals surface area (Å²) < 4.78 is 1.71. The van der Waals surface area contributed by atoms with Gasteiger partial charge in [-0.15, -0.1) is 0 Å². The molecule has 0 atom stereocenters. The molecule has 190 valence electrons. The highest BCUT2D eigenvalue weighted by Crippen LogP contribution is 2.38. The molecule has 0 bridgehead atoms. The molecule has 4 N–H and O–H groups in total. The van der Waals surface area contributed by atoms with Gasteiger partial charge in [-0.05, 0) is 66.4 Å². The van der Waals surface area contributed by atoms with E-state index in [1.807, 2.05) is 42.5 Å². The minimum Gasteiger partial charge on any atom is -0.364 e. The molecule has 9 heteroatoms. The number of nitrogens with one attached hydrogen (secondary N) is 2. The van der Waals surface area contributed by atoms with Crippen molar-refractivity contribution in [1.82, 2.24) is 15.1 Å². The van der Waals surface area contributed by atoms with Crippen LogP contribution in [0.2, 0.25) is 5.02 Å². The lowest BCUT2D eigenvalue weighted by Gasteiger charge is -2.20. The number of anilines is 1. The third-order valence-electron chi connectivity index (χ3n) is 6.41. The minimum atomic E-state index is -0.600. The number of benzene rings is 3. The number of primary amides is 1. The molecular formula is C29H24ClN5O3. The van der Waals surface area contributed by atoms with Crippen LogP contribution in [0.25, 0.3) is 23.0 Å². The molecule has 3 amide bonds. The average molecular weight is 526 g/mol. The number of hydrogen-bond donors (Lipinski definition) is 3. The number of aromatic nitrogens is 2. The number of carbonyl (C=O) groups excluding carboxylic acids is 3. The molecule has 1 aromatic heterocycles. The summed E-state index contributed by atoms with van der Waals surface area (Å²) in [4.78, 5) is 36.7. The zero-order chi connectivity index (χ0) is 26.8. The number of fused-ring (bicyclic) bond motifs is 3. The first kappa shape index (κ1) is 25.0. The molecule has 0 fully saturated rings. The topological polar surface area (TPSA) is 119 Å². The quantitative estimate of drug-likeness (QED) is 0.323. The van der Waals surface area contributed by atoms with Gasteiger partial charge in [-0.1, -0.05) is 41.9 Å². The van der Waals surface area contributed by atoms with E-state index in [-0.39, 0.29) is 17.5 Å². The highest BCUT2D eigenvalue weighted by Gasteiger charge is 2.28. The summed E-state index contributed by atoms with van der Waals surface area (Å²) in [5.74, 6) is -1.12. The van der Waals surface area contributed by atoms with Gasteiger partial charge in [0.05, 0.1) is 22.0 Å². The molecule has 0 saturated carbocycles.